The monoisotopic (exact) mass is 324 g/mol. The van der Waals surface area contributed by atoms with Crippen LogP contribution in [0.5, 0.6) is 0 Å². The maximum Gasteiger partial charge on any atom is 0.255 e. The number of hydrogen-bond donors (Lipinski definition) is 2. The van der Waals surface area contributed by atoms with Gasteiger partial charge in [-0.1, -0.05) is 30.3 Å². The van der Waals surface area contributed by atoms with Crippen LogP contribution >= 0.6 is 11.3 Å². The normalized spacial score (nSPS) is 16.4. The third kappa shape index (κ3) is 2.49. The van der Waals surface area contributed by atoms with Crippen LogP contribution in [0.1, 0.15) is 21.4 Å². The molecule has 0 saturated carbocycles. The van der Waals surface area contributed by atoms with Crippen molar-refractivity contribution in [1.82, 2.24) is 5.32 Å². The standard InChI is InChI=1S/C18H13FN2OS/c19-13-7-3-1-5-11(13)15-9-10-16(23-15)17-20-14-8-4-2-6-12(14)18(22)21-17/h1-10,17,20H,(H,21,22)/t17-/m0/s1. The molecule has 3 aromatic rings. The number of thiophene rings is 1. The number of halogens is 1. The van der Waals surface area contributed by atoms with Crippen molar-refractivity contribution < 1.29 is 9.18 Å². The highest BCUT2D eigenvalue weighted by Gasteiger charge is 2.25. The van der Waals surface area contributed by atoms with Crippen molar-refractivity contribution in [3.05, 3.63) is 76.9 Å². The lowest BCUT2D eigenvalue weighted by Crippen LogP contribution is -2.37. The molecule has 0 aliphatic carbocycles. The number of nitrogens with one attached hydrogen (secondary N) is 2. The quantitative estimate of drug-likeness (QED) is 0.733. The van der Waals surface area contributed by atoms with Crippen LogP contribution in [0.25, 0.3) is 10.4 Å². The first kappa shape index (κ1) is 14.0. The summed E-state index contributed by atoms with van der Waals surface area (Å²) in [6.45, 7) is 0. The summed E-state index contributed by atoms with van der Waals surface area (Å²) in [5.41, 5.74) is 2.02. The van der Waals surface area contributed by atoms with Gasteiger partial charge in [0.1, 0.15) is 12.0 Å². The molecule has 0 unspecified atom stereocenters. The molecular weight excluding hydrogens is 311 g/mol. The van der Waals surface area contributed by atoms with Crippen LogP contribution in [0.15, 0.2) is 60.7 Å². The first-order valence-corrected chi connectivity index (χ1v) is 8.05. The smallest absolute Gasteiger partial charge is 0.255 e. The van der Waals surface area contributed by atoms with Gasteiger partial charge in [0.05, 0.1) is 5.56 Å². The lowest BCUT2D eigenvalue weighted by molar-refractivity contribution is 0.0936. The first-order chi connectivity index (χ1) is 11.2. The fourth-order valence-electron chi connectivity index (χ4n) is 2.66. The van der Waals surface area contributed by atoms with Gasteiger partial charge in [0.25, 0.3) is 5.91 Å². The van der Waals surface area contributed by atoms with Gasteiger partial charge < -0.3 is 10.6 Å². The third-order valence-corrected chi connectivity index (χ3v) is 4.98. The summed E-state index contributed by atoms with van der Waals surface area (Å²) in [4.78, 5) is 14.0. The summed E-state index contributed by atoms with van der Waals surface area (Å²) >= 11 is 1.47. The minimum Gasteiger partial charge on any atom is -0.360 e. The van der Waals surface area contributed by atoms with Crippen LogP contribution < -0.4 is 10.6 Å². The van der Waals surface area contributed by atoms with E-state index in [9.17, 15) is 9.18 Å². The molecule has 1 aromatic heterocycles. The van der Waals surface area contributed by atoms with Crippen molar-refractivity contribution >= 4 is 22.9 Å². The predicted molar refractivity (Wildman–Crippen MR) is 90.0 cm³/mol. The van der Waals surface area contributed by atoms with E-state index in [1.54, 1.807) is 18.2 Å². The lowest BCUT2D eigenvalue weighted by Gasteiger charge is -2.26. The summed E-state index contributed by atoms with van der Waals surface area (Å²) in [6, 6.07) is 17.9. The minimum absolute atomic E-state index is 0.106. The zero-order chi connectivity index (χ0) is 15.8. The van der Waals surface area contributed by atoms with Gasteiger partial charge in [-0.15, -0.1) is 11.3 Å². The van der Waals surface area contributed by atoms with Gasteiger partial charge in [-0.25, -0.2) is 4.39 Å². The number of para-hydroxylation sites is 1. The summed E-state index contributed by atoms with van der Waals surface area (Å²) < 4.78 is 13.9. The Bertz CT molecular complexity index is 890. The number of carbonyl (C=O) groups is 1. The molecule has 1 aliphatic heterocycles. The fourth-order valence-corrected chi connectivity index (χ4v) is 3.70. The van der Waals surface area contributed by atoms with E-state index in [2.05, 4.69) is 10.6 Å². The van der Waals surface area contributed by atoms with Crippen molar-refractivity contribution in [1.29, 1.82) is 0 Å². The fraction of sp³-hybridized carbons (Fsp3) is 0.0556. The molecule has 23 heavy (non-hydrogen) atoms. The van der Waals surface area contributed by atoms with Crippen LogP contribution in [0.4, 0.5) is 10.1 Å². The number of amides is 1. The van der Waals surface area contributed by atoms with Crippen LogP contribution in [-0.2, 0) is 0 Å². The van der Waals surface area contributed by atoms with Crippen molar-refractivity contribution in [3.63, 3.8) is 0 Å². The predicted octanol–water partition coefficient (Wildman–Crippen LogP) is 4.41. The second-order valence-corrected chi connectivity index (χ2v) is 6.39. The Balaban J connectivity index is 1.66. The molecule has 2 heterocycles. The van der Waals surface area contributed by atoms with Gasteiger partial charge in [0.2, 0.25) is 0 Å². The van der Waals surface area contributed by atoms with Crippen molar-refractivity contribution in [2.24, 2.45) is 0 Å². The molecule has 5 heteroatoms. The molecule has 0 saturated heterocycles. The Morgan fingerprint density at radius 2 is 1.61 bits per heavy atom. The van der Waals surface area contributed by atoms with Crippen LogP contribution in [0.3, 0.4) is 0 Å². The molecule has 3 nitrogen and oxygen atoms in total. The summed E-state index contributed by atoms with van der Waals surface area (Å²) in [5.74, 6) is -0.350. The highest BCUT2D eigenvalue weighted by atomic mass is 32.1. The molecule has 0 bridgehead atoms. The van der Waals surface area contributed by atoms with E-state index >= 15 is 0 Å². The topological polar surface area (TPSA) is 41.1 Å². The molecule has 2 N–H and O–H groups in total. The van der Waals surface area contributed by atoms with E-state index < -0.39 is 0 Å². The van der Waals surface area contributed by atoms with Gasteiger partial charge in [0.15, 0.2) is 0 Å². The van der Waals surface area contributed by atoms with E-state index in [0.717, 1.165) is 15.4 Å². The molecule has 4 rings (SSSR count). The van der Waals surface area contributed by atoms with Gasteiger partial charge in [-0.3, -0.25) is 4.79 Å². The summed E-state index contributed by atoms with van der Waals surface area (Å²) in [6.07, 6.45) is -0.303. The maximum absolute atomic E-state index is 13.9. The van der Waals surface area contributed by atoms with Crippen molar-refractivity contribution in [2.75, 3.05) is 5.32 Å². The van der Waals surface area contributed by atoms with Gasteiger partial charge >= 0.3 is 0 Å². The highest BCUT2D eigenvalue weighted by Crippen LogP contribution is 2.35. The Kier molecular flexibility index (Phi) is 3.35. The van der Waals surface area contributed by atoms with Crippen LogP contribution in [0, 0.1) is 5.82 Å². The number of anilines is 1. The van der Waals surface area contributed by atoms with E-state index in [1.165, 1.54) is 17.4 Å². The van der Waals surface area contributed by atoms with Crippen molar-refractivity contribution in [2.45, 2.75) is 6.17 Å². The number of carbonyl (C=O) groups excluding carboxylic acids is 1. The average molecular weight is 324 g/mol. The zero-order valence-electron chi connectivity index (χ0n) is 12.0. The maximum atomic E-state index is 13.9. The van der Waals surface area contributed by atoms with Gasteiger partial charge in [-0.2, -0.15) is 0 Å². The molecule has 1 atom stereocenters. The van der Waals surface area contributed by atoms with E-state index in [4.69, 9.17) is 0 Å². The molecule has 0 radical (unpaired) electrons. The summed E-state index contributed by atoms with van der Waals surface area (Å²) in [5, 5.41) is 6.24. The summed E-state index contributed by atoms with van der Waals surface area (Å²) in [7, 11) is 0. The van der Waals surface area contributed by atoms with Gasteiger partial charge in [-0.05, 0) is 30.3 Å². The lowest BCUT2D eigenvalue weighted by atomic mass is 10.1. The van der Waals surface area contributed by atoms with Crippen LogP contribution in [0.2, 0.25) is 0 Å². The second kappa shape index (κ2) is 5.52. The first-order valence-electron chi connectivity index (χ1n) is 7.23. The Hall–Kier alpha value is -2.66. The molecule has 2 aromatic carbocycles. The zero-order valence-corrected chi connectivity index (χ0v) is 12.9. The molecular formula is C18H13FN2OS. The third-order valence-electron chi connectivity index (χ3n) is 3.80. The van der Waals surface area contributed by atoms with E-state index in [1.807, 2.05) is 36.4 Å². The van der Waals surface area contributed by atoms with Crippen LogP contribution in [-0.4, -0.2) is 5.91 Å². The Labute approximate surface area is 136 Å². The molecule has 1 aliphatic rings. The number of rotatable bonds is 2. The average Bonchev–Trinajstić information content (AvgIpc) is 3.05. The van der Waals surface area contributed by atoms with Gasteiger partial charge in [0, 0.05) is 21.0 Å². The largest absolute Gasteiger partial charge is 0.360 e. The Morgan fingerprint density at radius 1 is 0.870 bits per heavy atom. The second-order valence-electron chi connectivity index (χ2n) is 5.28. The van der Waals surface area contributed by atoms with E-state index in [0.29, 0.717) is 11.1 Å². The Morgan fingerprint density at radius 3 is 2.43 bits per heavy atom. The molecule has 114 valence electrons. The number of fused-ring (bicyclic) bond motifs is 1. The number of hydrogen-bond acceptors (Lipinski definition) is 3. The molecule has 0 spiro atoms. The minimum atomic E-state index is -0.303. The molecule has 0 fully saturated rings. The highest BCUT2D eigenvalue weighted by molar-refractivity contribution is 7.15. The molecule has 1 amide bonds. The number of benzene rings is 2. The van der Waals surface area contributed by atoms with E-state index in [-0.39, 0.29) is 17.9 Å². The van der Waals surface area contributed by atoms with Crippen molar-refractivity contribution in [3.8, 4) is 10.4 Å². The SMILES string of the molecule is O=C1N[C@@H](c2ccc(-c3ccccc3F)s2)Nc2ccccc21.